The Morgan fingerprint density at radius 3 is 2.88 bits per heavy atom. The van der Waals surface area contributed by atoms with Gasteiger partial charge in [0.15, 0.2) is 0 Å². The van der Waals surface area contributed by atoms with Gasteiger partial charge in [-0.3, -0.25) is 0 Å². The van der Waals surface area contributed by atoms with Crippen molar-refractivity contribution in [3.63, 3.8) is 0 Å². The summed E-state index contributed by atoms with van der Waals surface area (Å²) < 4.78 is 4.78. The van der Waals surface area contributed by atoms with Gasteiger partial charge in [-0.2, -0.15) is 0 Å². The number of carbonyl (C=O) groups is 1. The van der Waals surface area contributed by atoms with E-state index in [1.165, 1.54) is 12.3 Å². The number of hydrogen-bond acceptors (Lipinski definition) is 4. The van der Waals surface area contributed by atoms with E-state index in [-0.39, 0.29) is 11.0 Å². The van der Waals surface area contributed by atoms with Crippen LogP contribution in [0.4, 0.5) is 0 Å². The van der Waals surface area contributed by atoms with Crippen LogP contribution in [0.1, 0.15) is 29.1 Å². The summed E-state index contributed by atoms with van der Waals surface area (Å²) in [7, 11) is 0. The van der Waals surface area contributed by atoms with Crippen molar-refractivity contribution in [2.45, 2.75) is 19.1 Å². The quantitative estimate of drug-likeness (QED) is 0.558. The molecular weight excluding hydrogens is 278 g/mol. The maximum atomic E-state index is 11.3. The molecule has 0 aliphatic rings. The van der Waals surface area contributed by atoms with E-state index in [0.29, 0.717) is 12.2 Å². The summed E-state index contributed by atoms with van der Waals surface area (Å²) in [6.07, 6.45) is -0.465. The molecule has 1 heterocycles. The number of rotatable bonds is 5. The Hall–Kier alpha value is -0.850. The third kappa shape index (κ3) is 3.07. The predicted molar refractivity (Wildman–Crippen MR) is 61.5 cm³/mol. The number of aromatic amines is 1. The summed E-state index contributed by atoms with van der Waals surface area (Å²) in [4.78, 5) is 14.0. The van der Waals surface area contributed by atoms with E-state index < -0.39 is 18.2 Å². The molecule has 6 heteroatoms. The van der Waals surface area contributed by atoms with E-state index in [1.807, 2.05) is 0 Å². The van der Waals surface area contributed by atoms with Crippen LogP contribution in [0.25, 0.3) is 0 Å². The zero-order valence-electron chi connectivity index (χ0n) is 8.81. The van der Waals surface area contributed by atoms with E-state index in [2.05, 4.69) is 20.9 Å². The average molecular weight is 292 g/mol. The van der Waals surface area contributed by atoms with Crippen LogP contribution >= 0.6 is 15.9 Å². The minimum Gasteiger partial charge on any atom is -0.461 e. The number of halogens is 1. The molecule has 0 amide bonds. The highest BCUT2D eigenvalue weighted by Crippen LogP contribution is 2.19. The summed E-state index contributed by atoms with van der Waals surface area (Å²) in [6, 6.07) is 1.47. The van der Waals surface area contributed by atoms with Gasteiger partial charge >= 0.3 is 5.97 Å². The number of aromatic nitrogens is 1. The van der Waals surface area contributed by atoms with Crippen molar-refractivity contribution >= 4 is 21.9 Å². The molecule has 1 aromatic heterocycles. The first-order valence-electron chi connectivity index (χ1n) is 4.87. The van der Waals surface area contributed by atoms with Gasteiger partial charge in [0, 0.05) is 17.1 Å². The number of H-pyrrole nitrogens is 1. The van der Waals surface area contributed by atoms with E-state index in [4.69, 9.17) is 4.74 Å². The second-order valence-electron chi connectivity index (χ2n) is 3.23. The minimum absolute atomic E-state index is 0.258. The molecule has 16 heavy (non-hydrogen) atoms. The summed E-state index contributed by atoms with van der Waals surface area (Å²) in [5.41, 5.74) is 0.715. The zero-order chi connectivity index (χ0) is 12.1. The first-order valence-corrected chi connectivity index (χ1v) is 5.99. The molecule has 0 aliphatic carbocycles. The lowest BCUT2D eigenvalue weighted by atomic mass is 10.1. The molecular formula is C10H14BrNO4. The molecule has 0 radical (unpaired) electrons. The molecule has 2 unspecified atom stereocenters. The van der Waals surface area contributed by atoms with Gasteiger partial charge in [0.1, 0.15) is 11.8 Å². The Bertz CT molecular complexity index is 352. The summed E-state index contributed by atoms with van der Waals surface area (Å²) in [5.74, 6) is -0.478. The number of aliphatic hydroxyl groups is 2. The highest BCUT2D eigenvalue weighted by molar-refractivity contribution is 9.09. The van der Waals surface area contributed by atoms with Crippen LogP contribution in [-0.2, 0) is 4.74 Å². The van der Waals surface area contributed by atoms with Gasteiger partial charge in [-0.05, 0) is 13.0 Å². The molecule has 0 aliphatic heterocycles. The van der Waals surface area contributed by atoms with Crippen LogP contribution in [0, 0.1) is 0 Å². The van der Waals surface area contributed by atoms with Crippen LogP contribution in [0.3, 0.4) is 0 Å². The molecule has 5 nitrogen and oxygen atoms in total. The van der Waals surface area contributed by atoms with Crippen molar-refractivity contribution in [3.8, 4) is 0 Å². The van der Waals surface area contributed by atoms with Crippen LogP contribution in [0.2, 0.25) is 0 Å². The Kier molecular flexibility index (Phi) is 4.98. The minimum atomic E-state index is -1.03. The highest BCUT2D eigenvalue weighted by atomic mass is 79.9. The van der Waals surface area contributed by atoms with Gasteiger partial charge in [-0.15, -0.1) is 0 Å². The first-order chi connectivity index (χ1) is 7.60. The topological polar surface area (TPSA) is 82.6 Å². The fourth-order valence-corrected chi connectivity index (χ4v) is 1.57. The monoisotopic (exact) mass is 291 g/mol. The molecule has 0 fully saturated rings. The number of esters is 1. The van der Waals surface area contributed by atoms with E-state index in [1.54, 1.807) is 6.92 Å². The summed E-state index contributed by atoms with van der Waals surface area (Å²) in [6.45, 7) is 2.00. The van der Waals surface area contributed by atoms with Crippen molar-refractivity contribution < 1.29 is 19.7 Å². The lowest BCUT2D eigenvalue weighted by Gasteiger charge is -2.13. The van der Waals surface area contributed by atoms with Crippen molar-refractivity contribution in [1.29, 1.82) is 0 Å². The fraction of sp³-hybridized carbons (Fsp3) is 0.500. The Labute approximate surface area is 102 Å². The summed E-state index contributed by atoms with van der Waals surface area (Å²) >= 11 is 3.06. The standard InChI is InChI=1S/C10H14BrNO4/c1-2-16-10(15)7-3-6(5-12-7)9(14)8(13)4-11/h3,5,8-9,12-14H,2,4H2,1H3. The maximum absolute atomic E-state index is 11.3. The first kappa shape index (κ1) is 13.2. The van der Waals surface area contributed by atoms with Crippen molar-refractivity contribution in [2.24, 2.45) is 0 Å². The van der Waals surface area contributed by atoms with Gasteiger partial charge in [0.25, 0.3) is 0 Å². The SMILES string of the molecule is CCOC(=O)c1cc(C(O)C(O)CBr)c[nH]1. The number of ether oxygens (including phenoxy) is 1. The summed E-state index contributed by atoms with van der Waals surface area (Å²) in [5, 5.41) is 19.3. The number of aliphatic hydroxyl groups excluding tert-OH is 2. The molecule has 2 atom stereocenters. The highest BCUT2D eigenvalue weighted by Gasteiger charge is 2.20. The lowest BCUT2D eigenvalue weighted by Crippen LogP contribution is -2.18. The van der Waals surface area contributed by atoms with Gasteiger partial charge < -0.3 is 19.9 Å². The number of nitrogens with one attached hydrogen (secondary N) is 1. The van der Waals surface area contributed by atoms with E-state index in [0.717, 1.165) is 0 Å². The molecule has 90 valence electrons. The largest absolute Gasteiger partial charge is 0.461 e. The average Bonchev–Trinajstić information content (AvgIpc) is 2.76. The van der Waals surface area contributed by atoms with Crippen LogP contribution in [0.15, 0.2) is 12.3 Å². The molecule has 0 saturated heterocycles. The van der Waals surface area contributed by atoms with Crippen molar-refractivity contribution in [1.82, 2.24) is 4.98 Å². The molecule has 1 rings (SSSR count). The van der Waals surface area contributed by atoms with Crippen molar-refractivity contribution in [3.05, 3.63) is 23.5 Å². The number of alkyl halides is 1. The molecule has 0 saturated carbocycles. The third-order valence-corrected chi connectivity index (χ3v) is 2.73. The van der Waals surface area contributed by atoms with E-state index >= 15 is 0 Å². The van der Waals surface area contributed by atoms with Gasteiger partial charge in [0.2, 0.25) is 0 Å². The van der Waals surface area contributed by atoms with Gasteiger partial charge in [0.05, 0.1) is 12.7 Å². The molecule has 3 N–H and O–H groups in total. The van der Waals surface area contributed by atoms with Crippen LogP contribution < -0.4 is 0 Å². The second-order valence-corrected chi connectivity index (χ2v) is 3.88. The van der Waals surface area contributed by atoms with Crippen LogP contribution in [-0.4, -0.2) is 39.2 Å². The number of hydrogen-bond donors (Lipinski definition) is 3. The molecule has 0 spiro atoms. The fourth-order valence-electron chi connectivity index (χ4n) is 1.22. The molecule has 1 aromatic rings. The lowest BCUT2D eigenvalue weighted by molar-refractivity contribution is 0.0343. The molecule has 0 aromatic carbocycles. The van der Waals surface area contributed by atoms with Gasteiger partial charge in [-0.1, -0.05) is 15.9 Å². The number of carbonyl (C=O) groups excluding carboxylic acids is 1. The third-order valence-electron chi connectivity index (χ3n) is 2.06. The zero-order valence-corrected chi connectivity index (χ0v) is 10.4. The second kappa shape index (κ2) is 6.03. The van der Waals surface area contributed by atoms with Crippen LogP contribution in [0.5, 0.6) is 0 Å². The van der Waals surface area contributed by atoms with Crippen molar-refractivity contribution in [2.75, 3.05) is 11.9 Å². The smallest absolute Gasteiger partial charge is 0.354 e. The predicted octanol–water partition coefficient (Wildman–Crippen LogP) is 0.981. The Balaban J connectivity index is 2.74. The normalized spacial score (nSPS) is 14.5. The Morgan fingerprint density at radius 2 is 2.31 bits per heavy atom. The molecule has 0 bridgehead atoms. The maximum Gasteiger partial charge on any atom is 0.354 e. The van der Waals surface area contributed by atoms with E-state index in [9.17, 15) is 15.0 Å². The Morgan fingerprint density at radius 1 is 1.62 bits per heavy atom. The van der Waals surface area contributed by atoms with Gasteiger partial charge in [-0.25, -0.2) is 4.79 Å².